The van der Waals surface area contributed by atoms with Crippen LogP contribution in [-0.2, 0) is 20.2 Å². The number of nitrogens with one attached hydrogen (secondary N) is 1. The van der Waals surface area contributed by atoms with Gasteiger partial charge in [-0.15, -0.1) is 0 Å². The second kappa shape index (κ2) is 9.06. The molecule has 3 aromatic rings. The largest absolute Gasteiger partial charge is 0.438 e. The normalized spacial score (nSPS) is 16.0. The van der Waals surface area contributed by atoms with Crippen LogP contribution in [0.5, 0.6) is 0 Å². The molecule has 1 saturated heterocycles. The van der Waals surface area contributed by atoms with Crippen molar-refractivity contribution in [3.8, 4) is 22.7 Å². The van der Waals surface area contributed by atoms with E-state index in [2.05, 4.69) is 19.7 Å². The molecule has 1 aliphatic heterocycles. The first kappa shape index (κ1) is 23.1. The summed E-state index contributed by atoms with van der Waals surface area (Å²) in [4.78, 5) is 12.8. The summed E-state index contributed by atoms with van der Waals surface area (Å²) in [5, 5.41) is 0. The average molecular weight is 476 g/mol. The van der Waals surface area contributed by atoms with Crippen LogP contribution in [0.4, 0.5) is 16.0 Å². The summed E-state index contributed by atoms with van der Waals surface area (Å²) in [6.45, 7) is 4.88. The lowest BCUT2D eigenvalue weighted by molar-refractivity contribution is 0.0472. The zero-order valence-corrected chi connectivity index (χ0v) is 19.3. The highest BCUT2D eigenvalue weighted by atomic mass is 32.2. The number of halogens is 1. The molecule has 1 aliphatic rings. The van der Waals surface area contributed by atoms with Gasteiger partial charge >= 0.3 is 0 Å². The lowest BCUT2D eigenvalue weighted by Crippen LogP contribution is -2.30. The Morgan fingerprint density at radius 2 is 1.97 bits per heavy atom. The van der Waals surface area contributed by atoms with Crippen LogP contribution in [-0.4, -0.2) is 42.3 Å². The smallest absolute Gasteiger partial charge is 0.232 e. The lowest BCUT2D eigenvalue weighted by Gasteiger charge is -2.30. The molecule has 1 fully saturated rings. The Morgan fingerprint density at radius 3 is 2.67 bits per heavy atom. The Hall–Kier alpha value is -3.05. The van der Waals surface area contributed by atoms with Crippen molar-refractivity contribution < 1.29 is 22.0 Å². The van der Waals surface area contributed by atoms with Gasteiger partial charge in [-0.2, -0.15) is 0 Å². The van der Waals surface area contributed by atoms with Crippen LogP contribution in [0.1, 0.15) is 39.0 Å². The number of nitrogens with zero attached hydrogens (tertiary/aromatic N) is 3. The van der Waals surface area contributed by atoms with Crippen molar-refractivity contribution in [2.24, 2.45) is 0 Å². The van der Waals surface area contributed by atoms with Gasteiger partial charge in [0, 0.05) is 30.4 Å². The number of hydrogen-bond donors (Lipinski definition) is 2. The molecule has 9 nitrogen and oxygen atoms in total. The molecule has 2 aromatic heterocycles. The third-order valence-corrected chi connectivity index (χ3v) is 7.12. The second-order valence-electron chi connectivity index (χ2n) is 8.26. The van der Waals surface area contributed by atoms with Gasteiger partial charge in [0.05, 0.1) is 11.4 Å². The molecule has 176 valence electrons. The van der Waals surface area contributed by atoms with Crippen molar-refractivity contribution in [3.05, 3.63) is 42.2 Å². The van der Waals surface area contributed by atoms with Crippen molar-refractivity contribution in [1.82, 2.24) is 15.0 Å². The van der Waals surface area contributed by atoms with Gasteiger partial charge in [-0.05, 0) is 37.5 Å². The Kier molecular flexibility index (Phi) is 6.35. The first-order valence-corrected chi connectivity index (χ1v) is 12.3. The molecule has 3 N–H and O–H groups in total. The van der Waals surface area contributed by atoms with Crippen LogP contribution in [0, 0.1) is 5.82 Å². The van der Waals surface area contributed by atoms with Crippen molar-refractivity contribution in [1.29, 1.82) is 0 Å². The molecular formula is C22H26FN5O4S. The van der Waals surface area contributed by atoms with Gasteiger partial charge in [-0.3, -0.25) is 4.72 Å². The molecular weight excluding hydrogens is 449 g/mol. The van der Waals surface area contributed by atoms with Gasteiger partial charge in [0.1, 0.15) is 11.4 Å². The van der Waals surface area contributed by atoms with Gasteiger partial charge < -0.3 is 14.9 Å². The first-order valence-electron chi connectivity index (χ1n) is 10.7. The fourth-order valence-corrected chi connectivity index (χ4v) is 4.88. The van der Waals surface area contributed by atoms with E-state index in [1.165, 1.54) is 18.3 Å². The van der Waals surface area contributed by atoms with Gasteiger partial charge in [0.2, 0.25) is 21.9 Å². The Bertz CT molecular complexity index is 1260. The first-order chi connectivity index (χ1) is 15.7. The number of oxazole rings is 1. The van der Waals surface area contributed by atoms with Gasteiger partial charge in [-0.1, -0.05) is 19.9 Å². The van der Waals surface area contributed by atoms with E-state index in [1.54, 1.807) is 19.1 Å². The topological polar surface area (TPSA) is 133 Å². The number of nitrogens with two attached hydrogens (primary N) is 1. The Labute approximate surface area is 191 Å². The van der Waals surface area contributed by atoms with E-state index >= 15 is 4.39 Å². The number of aromatic nitrogens is 3. The fraction of sp³-hybridized carbons (Fsp3) is 0.409. The summed E-state index contributed by atoms with van der Waals surface area (Å²) in [6.07, 6.45) is 3.27. The number of rotatable bonds is 7. The molecule has 0 saturated carbocycles. The molecule has 4 rings (SSSR count). The van der Waals surface area contributed by atoms with Gasteiger partial charge in [-0.25, -0.2) is 27.8 Å². The number of nitrogen functional groups attached to an aromatic ring is 1. The monoisotopic (exact) mass is 475 g/mol. The van der Waals surface area contributed by atoms with E-state index in [-0.39, 0.29) is 34.4 Å². The third-order valence-electron chi connectivity index (χ3n) is 5.64. The zero-order chi connectivity index (χ0) is 23.6. The molecule has 0 amide bonds. The molecule has 0 atom stereocenters. The summed E-state index contributed by atoms with van der Waals surface area (Å²) >= 11 is 0. The number of sulfonamides is 1. The van der Waals surface area contributed by atoms with Crippen molar-refractivity contribution in [2.45, 2.75) is 38.5 Å². The Balaban J connectivity index is 1.85. The minimum absolute atomic E-state index is 0.0372. The quantitative estimate of drug-likeness (QED) is 0.528. The minimum Gasteiger partial charge on any atom is -0.438 e. The SMILES string of the molecule is CCCS(=O)(=O)Nc1cccc(-c2nc(C3(C)CCOCC3)oc2-c2ccnc(N)n2)c1F. The van der Waals surface area contributed by atoms with Crippen molar-refractivity contribution >= 4 is 21.7 Å². The minimum atomic E-state index is -3.68. The maximum atomic E-state index is 15.6. The summed E-state index contributed by atoms with van der Waals surface area (Å²) in [7, 11) is -3.68. The highest BCUT2D eigenvalue weighted by Crippen LogP contribution is 2.41. The van der Waals surface area contributed by atoms with Gasteiger partial charge in [0.25, 0.3) is 0 Å². The van der Waals surface area contributed by atoms with Crippen LogP contribution < -0.4 is 10.5 Å². The standard InChI is InChI=1S/C22H26FN5O4S/c1-3-13-33(29,30)28-15-6-4-5-14(17(15)23)18-19(16-7-10-25-21(24)26-16)32-20(27-18)22(2)8-11-31-12-9-22/h4-7,10,28H,3,8-9,11-13H2,1-2H3,(H2,24,25,26). The van der Waals surface area contributed by atoms with Crippen LogP contribution in [0.2, 0.25) is 0 Å². The van der Waals surface area contributed by atoms with Gasteiger partial charge in [0.15, 0.2) is 11.6 Å². The van der Waals surface area contributed by atoms with E-state index in [0.29, 0.717) is 44.1 Å². The third kappa shape index (κ3) is 4.83. The van der Waals surface area contributed by atoms with E-state index in [0.717, 1.165) is 0 Å². The Morgan fingerprint density at radius 1 is 1.21 bits per heavy atom. The number of benzene rings is 1. The zero-order valence-electron chi connectivity index (χ0n) is 18.5. The summed E-state index contributed by atoms with van der Waals surface area (Å²) in [6, 6.07) is 6.05. The molecule has 11 heteroatoms. The van der Waals surface area contributed by atoms with Crippen molar-refractivity contribution in [2.75, 3.05) is 29.4 Å². The fourth-order valence-electron chi connectivity index (χ4n) is 3.75. The number of anilines is 2. The van der Waals surface area contributed by atoms with Crippen LogP contribution in [0.25, 0.3) is 22.7 Å². The number of hydrogen-bond acceptors (Lipinski definition) is 8. The van der Waals surface area contributed by atoms with E-state index in [4.69, 9.17) is 14.9 Å². The van der Waals surface area contributed by atoms with Crippen LogP contribution in [0.15, 0.2) is 34.9 Å². The summed E-state index contributed by atoms with van der Waals surface area (Å²) in [5.41, 5.74) is 5.85. The average Bonchev–Trinajstić information content (AvgIpc) is 3.22. The molecule has 0 aliphatic carbocycles. The highest BCUT2D eigenvalue weighted by molar-refractivity contribution is 7.92. The molecule has 0 spiro atoms. The molecule has 33 heavy (non-hydrogen) atoms. The molecule has 0 radical (unpaired) electrons. The number of ether oxygens (including phenoxy) is 1. The molecule has 3 heterocycles. The predicted molar refractivity (Wildman–Crippen MR) is 122 cm³/mol. The second-order valence-corrected chi connectivity index (χ2v) is 10.1. The predicted octanol–water partition coefficient (Wildman–Crippen LogP) is 3.74. The van der Waals surface area contributed by atoms with E-state index < -0.39 is 21.3 Å². The van der Waals surface area contributed by atoms with Crippen LogP contribution >= 0.6 is 0 Å². The lowest BCUT2D eigenvalue weighted by atomic mass is 9.82. The molecule has 1 aromatic carbocycles. The maximum absolute atomic E-state index is 15.6. The summed E-state index contributed by atoms with van der Waals surface area (Å²) < 4.78 is 54.0. The maximum Gasteiger partial charge on any atom is 0.232 e. The van der Waals surface area contributed by atoms with E-state index in [9.17, 15) is 8.42 Å². The summed E-state index contributed by atoms with van der Waals surface area (Å²) in [5.74, 6) is -0.160. The van der Waals surface area contributed by atoms with E-state index in [1.807, 2.05) is 6.92 Å². The van der Waals surface area contributed by atoms with Crippen LogP contribution in [0.3, 0.4) is 0 Å². The van der Waals surface area contributed by atoms with Crippen molar-refractivity contribution in [3.63, 3.8) is 0 Å². The highest BCUT2D eigenvalue weighted by Gasteiger charge is 2.36. The molecule has 0 bridgehead atoms. The molecule has 0 unspecified atom stereocenters.